The van der Waals surface area contributed by atoms with Crippen LogP contribution in [0.4, 0.5) is 0 Å². The van der Waals surface area contributed by atoms with Crippen LogP contribution in [0, 0.1) is 0 Å². The first kappa shape index (κ1) is 20.3. The van der Waals surface area contributed by atoms with Gasteiger partial charge in [-0.3, -0.25) is 4.72 Å². The second kappa shape index (κ2) is 7.73. The summed E-state index contributed by atoms with van der Waals surface area (Å²) in [5, 5.41) is 6.01. The van der Waals surface area contributed by atoms with Crippen LogP contribution in [0.5, 0.6) is 0 Å². The fourth-order valence-corrected chi connectivity index (χ4v) is 4.71. The van der Waals surface area contributed by atoms with Crippen molar-refractivity contribution in [2.75, 3.05) is 6.26 Å². The summed E-state index contributed by atoms with van der Waals surface area (Å²) < 4.78 is 49.0. The lowest BCUT2D eigenvalue weighted by atomic mass is 10.4. The number of allylic oxidation sites excluding steroid dienone is 4. The van der Waals surface area contributed by atoms with Gasteiger partial charge in [0.1, 0.15) is 0 Å². The monoisotopic (exact) mass is 440 g/mol. The molecule has 0 saturated carbocycles. The SMILES string of the molecule is CS(=O)(=O)NC1=C(Sc2ccc(Cl)cc2Cl)C=C(S(N)(=O)=O)CC=C1. The molecule has 0 aliphatic heterocycles. The Hall–Kier alpha value is -0.970. The number of thioether (sulfide) groups is 1. The van der Waals surface area contributed by atoms with E-state index in [1.807, 2.05) is 0 Å². The summed E-state index contributed by atoms with van der Waals surface area (Å²) in [6, 6.07) is 4.81. The quantitative estimate of drug-likeness (QED) is 0.731. The van der Waals surface area contributed by atoms with Gasteiger partial charge in [0.25, 0.3) is 0 Å². The summed E-state index contributed by atoms with van der Waals surface area (Å²) in [5.74, 6) is 0. The second-order valence-electron chi connectivity index (χ2n) is 5.09. The molecular weight excluding hydrogens is 427 g/mol. The number of nitrogens with two attached hydrogens (primary N) is 1. The van der Waals surface area contributed by atoms with Crippen molar-refractivity contribution in [1.82, 2.24) is 4.72 Å². The topological polar surface area (TPSA) is 106 Å². The van der Waals surface area contributed by atoms with E-state index in [2.05, 4.69) is 4.72 Å². The third kappa shape index (κ3) is 6.05. The van der Waals surface area contributed by atoms with Crippen molar-refractivity contribution in [2.24, 2.45) is 5.14 Å². The van der Waals surface area contributed by atoms with E-state index in [0.717, 1.165) is 18.0 Å². The molecule has 11 heteroatoms. The van der Waals surface area contributed by atoms with E-state index in [1.165, 1.54) is 24.3 Å². The van der Waals surface area contributed by atoms with E-state index in [1.54, 1.807) is 12.1 Å². The highest BCUT2D eigenvalue weighted by Crippen LogP contribution is 2.38. The van der Waals surface area contributed by atoms with Crippen LogP contribution in [0.3, 0.4) is 0 Å². The van der Waals surface area contributed by atoms with Crippen LogP contribution in [-0.2, 0) is 20.0 Å². The molecule has 1 aliphatic rings. The molecule has 0 aromatic heterocycles. The van der Waals surface area contributed by atoms with E-state index >= 15 is 0 Å². The van der Waals surface area contributed by atoms with Gasteiger partial charge in [0.2, 0.25) is 20.0 Å². The molecular formula is C14H14Cl2N2O4S3. The lowest BCUT2D eigenvalue weighted by Crippen LogP contribution is -2.21. The minimum absolute atomic E-state index is 0.0402. The molecule has 0 atom stereocenters. The Morgan fingerprint density at radius 2 is 1.88 bits per heavy atom. The highest BCUT2D eigenvalue weighted by Gasteiger charge is 2.18. The highest BCUT2D eigenvalue weighted by atomic mass is 35.5. The summed E-state index contributed by atoms with van der Waals surface area (Å²) >= 11 is 13.1. The molecule has 0 bridgehead atoms. The van der Waals surface area contributed by atoms with Gasteiger partial charge in [-0.05, 0) is 30.4 Å². The van der Waals surface area contributed by atoms with Crippen molar-refractivity contribution in [2.45, 2.75) is 11.3 Å². The number of hydrogen-bond acceptors (Lipinski definition) is 5. The molecule has 2 rings (SSSR count). The summed E-state index contributed by atoms with van der Waals surface area (Å²) in [5.41, 5.74) is 0.220. The van der Waals surface area contributed by atoms with E-state index in [9.17, 15) is 16.8 Å². The molecule has 0 saturated heterocycles. The number of rotatable bonds is 5. The first-order valence-electron chi connectivity index (χ1n) is 6.70. The predicted octanol–water partition coefficient (Wildman–Crippen LogP) is 2.98. The largest absolute Gasteiger partial charge is 0.283 e. The van der Waals surface area contributed by atoms with Gasteiger partial charge in [0.15, 0.2) is 0 Å². The Bertz CT molecular complexity index is 997. The molecule has 0 radical (unpaired) electrons. The summed E-state index contributed by atoms with van der Waals surface area (Å²) in [7, 11) is -7.50. The third-order valence-corrected chi connectivity index (χ3v) is 6.34. The molecule has 0 heterocycles. The maximum Gasteiger partial charge on any atom is 0.234 e. The zero-order valence-electron chi connectivity index (χ0n) is 12.9. The van der Waals surface area contributed by atoms with Gasteiger partial charge in [-0.15, -0.1) is 0 Å². The summed E-state index contributed by atoms with van der Waals surface area (Å²) in [6.45, 7) is 0. The predicted molar refractivity (Wildman–Crippen MR) is 102 cm³/mol. The zero-order chi connectivity index (χ0) is 18.8. The van der Waals surface area contributed by atoms with Crippen LogP contribution in [-0.4, -0.2) is 23.1 Å². The maximum absolute atomic E-state index is 11.7. The molecule has 6 nitrogen and oxygen atoms in total. The summed E-state index contributed by atoms with van der Waals surface area (Å²) in [6.07, 6.45) is 5.38. The highest BCUT2D eigenvalue weighted by molar-refractivity contribution is 8.03. The number of hydrogen-bond donors (Lipinski definition) is 2. The van der Waals surface area contributed by atoms with Crippen molar-refractivity contribution >= 4 is 55.0 Å². The van der Waals surface area contributed by atoms with Gasteiger partial charge >= 0.3 is 0 Å². The number of sulfonamides is 2. The number of benzene rings is 1. The summed E-state index contributed by atoms with van der Waals surface area (Å²) in [4.78, 5) is 0.878. The Kier molecular flexibility index (Phi) is 6.29. The molecule has 1 aliphatic carbocycles. The van der Waals surface area contributed by atoms with Crippen molar-refractivity contribution in [3.05, 3.63) is 62.0 Å². The molecule has 3 N–H and O–H groups in total. The normalized spacial score (nSPS) is 15.8. The van der Waals surface area contributed by atoms with E-state index in [4.69, 9.17) is 28.3 Å². The lowest BCUT2D eigenvalue weighted by molar-refractivity contribution is 0.595. The lowest BCUT2D eigenvalue weighted by Gasteiger charge is -2.11. The minimum atomic E-state index is -3.93. The molecule has 0 spiro atoms. The van der Waals surface area contributed by atoms with Crippen molar-refractivity contribution in [1.29, 1.82) is 0 Å². The van der Waals surface area contributed by atoms with Crippen LogP contribution >= 0.6 is 35.0 Å². The molecule has 25 heavy (non-hydrogen) atoms. The smallest absolute Gasteiger partial charge is 0.234 e. The van der Waals surface area contributed by atoms with Gasteiger partial charge in [0.05, 0.1) is 21.9 Å². The van der Waals surface area contributed by atoms with Crippen LogP contribution in [0.2, 0.25) is 10.0 Å². The Morgan fingerprint density at radius 3 is 2.44 bits per heavy atom. The fourth-order valence-electron chi connectivity index (χ4n) is 1.90. The average molecular weight is 441 g/mol. The zero-order valence-corrected chi connectivity index (χ0v) is 16.8. The van der Waals surface area contributed by atoms with Gasteiger partial charge in [0, 0.05) is 21.2 Å². The van der Waals surface area contributed by atoms with E-state index < -0.39 is 20.0 Å². The fraction of sp³-hybridized carbons (Fsp3) is 0.143. The van der Waals surface area contributed by atoms with Crippen LogP contribution in [0.25, 0.3) is 0 Å². The molecule has 1 aromatic carbocycles. The van der Waals surface area contributed by atoms with Gasteiger partial charge in [-0.2, -0.15) is 0 Å². The average Bonchev–Trinajstić information content (AvgIpc) is 2.63. The Labute approximate surface area is 160 Å². The van der Waals surface area contributed by atoms with E-state index in [0.29, 0.717) is 19.8 Å². The Morgan fingerprint density at radius 1 is 1.20 bits per heavy atom. The first-order valence-corrected chi connectivity index (χ1v) is 11.7. The Balaban J connectivity index is 2.58. The second-order valence-corrected chi connectivity index (χ2v) is 10.4. The first-order chi connectivity index (χ1) is 11.5. The maximum atomic E-state index is 11.7. The molecule has 136 valence electrons. The number of primary sulfonamides is 1. The minimum Gasteiger partial charge on any atom is -0.283 e. The molecule has 0 amide bonds. The van der Waals surface area contributed by atoms with E-state index in [-0.39, 0.29) is 17.0 Å². The van der Waals surface area contributed by atoms with Crippen LogP contribution in [0.15, 0.2) is 56.8 Å². The number of halogens is 2. The van der Waals surface area contributed by atoms with Crippen molar-refractivity contribution < 1.29 is 16.8 Å². The molecule has 0 unspecified atom stereocenters. The van der Waals surface area contributed by atoms with Crippen molar-refractivity contribution in [3.63, 3.8) is 0 Å². The van der Waals surface area contributed by atoms with Gasteiger partial charge in [-0.25, -0.2) is 22.0 Å². The van der Waals surface area contributed by atoms with Crippen LogP contribution in [0.1, 0.15) is 6.42 Å². The molecule has 1 aromatic rings. The van der Waals surface area contributed by atoms with Crippen LogP contribution < -0.4 is 9.86 Å². The van der Waals surface area contributed by atoms with Gasteiger partial charge < -0.3 is 0 Å². The number of nitrogens with one attached hydrogen (secondary N) is 1. The third-order valence-electron chi connectivity index (χ3n) is 2.94. The van der Waals surface area contributed by atoms with Crippen molar-refractivity contribution in [3.8, 4) is 0 Å². The molecule has 0 fully saturated rings. The standard InChI is InChI=1S/C14H14Cl2N2O4S3/c1-24(19,20)18-12-4-2-3-10(25(17,21)22)8-14(12)23-13-6-5-9(15)7-11(13)16/h2,4-8,18H,3H2,1H3,(H2,17,21,22). The van der Waals surface area contributed by atoms with Gasteiger partial charge in [-0.1, -0.05) is 41.0 Å².